The number of piperazine rings is 1. The molecule has 0 bridgehead atoms. The van der Waals surface area contributed by atoms with Gasteiger partial charge in [0.25, 0.3) is 5.56 Å². The Morgan fingerprint density at radius 2 is 1.73 bits per heavy atom. The van der Waals surface area contributed by atoms with Gasteiger partial charge in [0.05, 0.1) is 12.8 Å². The zero-order chi connectivity index (χ0) is 23.5. The second kappa shape index (κ2) is 9.67. The van der Waals surface area contributed by atoms with Crippen LogP contribution in [0.3, 0.4) is 0 Å². The van der Waals surface area contributed by atoms with Crippen LogP contribution in [-0.2, 0) is 4.79 Å². The summed E-state index contributed by atoms with van der Waals surface area (Å²) in [6, 6.07) is 15.7. The quantitative estimate of drug-likeness (QED) is 0.572. The molecular formula is C25H27ClN4O3. The lowest BCUT2D eigenvalue weighted by Gasteiger charge is -2.37. The molecule has 1 aliphatic rings. The molecular weight excluding hydrogens is 440 g/mol. The van der Waals surface area contributed by atoms with Crippen molar-refractivity contribution >= 4 is 23.2 Å². The summed E-state index contributed by atoms with van der Waals surface area (Å²) in [6.07, 6.45) is 0. The van der Waals surface area contributed by atoms with Gasteiger partial charge in [0.1, 0.15) is 11.8 Å². The van der Waals surface area contributed by atoms with Gasteiger partial charge in [0, 0.05) is 48.5 Å². The summed E-state index contributed by atoms with van der Waals surface area (Å²) in [7, 11) is 1.61. The Labute approximate surface area is 198 Å². The van der Waals surface area contributed by atoms with Crippen LogP contribution in [0.1, 0.15) is 18.5 Å². The van der Waals surface area contributed by atoms with Crippen LogP contribution in [0.4, 0.5) is 5.69 Å². The van der Waals surface area contributed by atoms with Crippen molar-refractivity contribution in [1.29, 1.82) is 0 Å². The SMILES string of the molecule is COc1ccc(-c2ccc(=O)n(C(C)C(=O)N3CCN(c4cc(Cl)ccc4C)CC3)n2)cc1. The maximum absolute atomic E-state index is 13.2. The van der Waals surface area contributed by atoms with Gasteiger partial charge in [0.2, 0.25) is 5.91 Å². The fourth-order valence-electron chi connectivity index (χ4n) is 4.08. The Kier molecular flexibility index (Phi) is 6.70. The van der Waals surface area contributed by atoms with E-state index in [0.717, 1.165) is 22.6 Å². The summed E-state index contributed by atoms with van der Waals surface area (Å²) in [6.45, 7) is 6.33. The molecule has 1 aromatic heterocycles. The van der Waals surface area contributed by atoms with Crippen molar-refractivity contribution < 1.29 is 9.53 Å². The molecule has 2 heterocycles. The fraction of sp³-hybridized carbons (Fsp3) is 0.320. The van der Waals surface area contributed by atoms with Crippen LogP contribution in [0, 0.1) is 6.92 Å². The van der Waals surface area contributed by atoms with Gasteiger partial charge in [-0.15, -0.1) is 0 Å². The third kappa shape index (κ3) is 4.88. The predicted molar refractivity (Wildman–Crippen MR) is 130 cm³/mol. The summed E-state index contributed by atoms with van der Waals surface area (Å²) in [5.74, 6) is 0.627. The molecule has 0 spiro atoms. The van der Waals surface area contributed by atoms with E-state index in [1.165, 1.54) is 10.7 Å². The molecule has 33 heavy (non-hydrogen) atoms. The first kappa shape index (κ1) is 22.9. The second-order valence-electron chi connectivity index (χ2n) is 8.15. The number of aromatic nitrogens is 2. The van der Waals surface area contributed by atoms with E-state index in [9.17, 15) is 9.59 Å². The molecule has 1 atom stereocenters. The van der Waals surface area contributed by atoms with Gasteiger partial charge in [-0.3, -0.25) is 9.59 Å². The van der Waals surface area contributed by atoms with E-state index in [1.807, 2.05) is 42.5 Å². The van der Waals surface area contributed by atoms with Crippen LogP contribution in [0.25, 0.3) is 11.3 Å². The average molecular weight is 467 g/mol. The highest BCUT2D eigenvalue weighted by Gasteiger charge is 2.27. The number of aryl methyl sites for hydroxylation is 1. The number of hydrogen-bond acceptors (Lipinski definition) is 5. The Bertz CT molecular complexity index is 1200. The van der Waals surface area contributed by atoms with E-state index in [2.05, 4.69) is 16.9 Å². The number of methoxy groups -OCH3 is 1. The van der Waals surface area contributed by atoms with Gasteiger partial charge < -0.3 is 14.5 Å². The first-order valence-corrected chi connectivity index (χ1v) is 11.3. The third-order valence-corrected chi connectivity index (χ3v) is 6.27. The summed E-state index contributed by atoms with van der Waals surface area (Å²) in [5, 5.41) is 5.19. The highest BCUT2D eigenvalue weighted by molar-refractivity contribution is 6.30. The van der Waals surface area contributed by atoms with Crippen LogP contribution in [0.5, 0.6) is 5.75 Å². The molecule has 1 fully saturated rings. The van der Waals surface area contributed by atoms with E-state index < -0.39 is 6.04 Å². The van der Waals surface area contributed by atoms with Crippen LogP contribution >= 0.6 is 11.6 Å². The van der Waals surface area contributed by atoms with Crippen molar-refractivity contribution in [2.24, 2.45) is 0 Å². The van der Waals surface area contributed by atoms with E-state index in [4.69, 9.17) is 16.3 Å². The molecule has 0 radical (unpaired) electrons. The van der Waals surface area contributed by atoms with Crippen LogP contribution < -0.4 is 15.2 Å². The largest absolute Gasteiger partial charge is 0.497 e. The summed E-state index contributed by atoms with van der Waals surface area (Å²) >= 11 is 6.17. The molecule has 7 nitrogen and oxygen atoms in total. The number of ether oxygens (including phenoxy) is 1. The van der Waals surface area contributed by atoms with E-state index in [0.29, 0.717) is 36.9 Å². The lowest BCUT2D eigenvalue weighted by molar-refractivity contribution is -0.135. The molecule has 0 aliphatic carbocycles. The summed E-state index contributed by atoms with van der Waals surface area (Å²) in [5.41, 5.74) is 3.40. The normalized spacial score (nSPS) is 14.8. The van der Waals surface area contributed by atoms with Gasteiger partial charge in [-0.1, -0.05) is 17.7 Å². The summed E-state index contributed by atoms with van der Waals surface area (Å²) in [4.78, 5) is 29.8. The lowest BCUT2D eigenvalue weighted by atomic mass is 10.1. The van der Waals surface area contributed by atoms with Gasteiger partial charge in [-0.2, -0.15) is 5.10 Å². The van der Waals surface area contributed by atoms with Crippen molar-refractivity contribution in [2.45, 2.75) is 19.9 Å². The Hall–Kier alpha value is -3.32. The van der Waals surface area contributed by atoms with Gasteiger partial charge in [0.15, 0.2) is 0 Å². The second-order valence-corrected chi connectivity index (χ2v) is 8.59. The Morgan fingerprint density at radius 1 is 1.03 bits per heavy atom. The van der Waals surface area contributed by atoms with Gasteiger partial charge >= 0.3 is 0 Å². The Balaban J connectivity index is 1.48. The highest BCUT2D eigenvalue weighted by atomic mass is 35.5. The number of amides is 1. The molecule has 0 N–H and O–H groups in total. The zero-order valence-corrected chi connectivity index (χ0v) is 19.7. The first-order valence-electron chi connectivity index (χ1n) is 10.9. The highest BCUT2D eigenvalue weighted by Crippen LogP contribution is 2.26. The average Bonchev–Trinajstić information content (AvgIpc) is 2.85. The molecule has 3 aromatic rings. The van der Waals surface area contributed by atoms with E-state index in [-0.39, 0.29) is 11.5 Å². The number of hydrogen-bond donors (Lipinski definition) is 0. The number of nitrogens with zero attached hydrogens (tertiary/aromatic N) is 4. The number of carbonyl (C=O) groups is 1. The number of halogens is 1. The molecule has 2 aromatic carbocycles. The predicted octanol–water partition coefficient (Wildman–Crippen LogP) is 3.79. The zero-order valence-electron chi connectivity index (χ0n) is 19.0. The van der Waals surface area contributed by atoms with Crippen LogP contribution in [-0.4, -0.2) is 53.9 Å². The monoisotopic (exact) mass is 466 g/mol. The maximum atomic E-state index is 13.2. The van der Waals surface area contributed by atoms with Crippen molar-refractivity contribution in [3.63, 3.8) is 0 Å². The molecule has 8 heteroatoms. The molecule has 1 amide bonds. The smallest absolute Gasteiger partial charge is 0.267 e. The number of carbonyl (C=O) groups excluding carboxylic acids is 1. The third-order valence-electron chi connectivity index (χ3n) is 6.04. The van der Waals surface area contributed by atoms with Gasteiger partial charge in [-0.25, -0.2) is 4.68 Å². The number of benzene rings is 2. The van der Waals surface area contributed by atoms with Crippen molar-refractivity contribution in [1.82, 2.24) is 14.7 Å². The minimum absolute atomic E-state index is 0.112. The number of rotatable bonds is 5. The van der Waals surface area contributed by atoms with Crippen LogP contribution in [0.2, 0.25) is 5.02 Å². The van der Waals surface area contributed by atoms with Crippen LogP contribution in [0.15, 0.2) is 59.4 Å². The molecule has 1 unspecified atom stereocenters. The van der Waals surface area contributed by atoms with Crippen molar-refractivity contribution in [2.75, 3.05) is 38.2 Å². The van der Waals surface area contributed by atoms with E-state index in [1.54, 1.807) is 25.0 Å². The van der Waals surface area contributed by atoms with Crippen molar-refractivity contribution in [3.8, 4) is 17.0 Å². The van der Waals surface area contributed by atoms with Gasteiger partial charge in [-0.05, 0) is 61.9 Å². The molecule has 172 valence electrons. The standard InChI is InChI=1S/C25H27ClN4O3/c1-17-4-7-20(26)16-23(17)28-12-14-29(15-13-28)25(32)18(2)30-24(31)11-10-22(27-30)19-5-8-21(33-3)9-6-19/h4-11,16,18H,12-15H2,1-3H3. The Morgan fingerprint density at radius 3 is 2.39 bits per heavy atom. The topological polar surface area (TPSA) is 67.7 Å². The fourth-order valence-corrected chi connectivity index (χ4v) is 4.24. The molecule has 4 rings (SSSR count). The van der Waals surface area contributed by atoms with E-state index >= 15 is 0 Å². The number of anilines is 1. The molecule has 1 aliphatic heterocycles. The molecule has 0 saturated carbocycles. The summed E-state index contributed by atoms with van der Waals surface area (Å²) < 4.78 is 6.47. The molecule has 1 saturated heterocycles. The lowest BCUT2D eigenvalue weighted by Crippen LogP contribution is -2.51. The minimum atomic E-state index is -0.699. The maximum Gasteiger partial charge on any atom is 0.267 e. The first-order chi connectivity index (χ1) is 15.9. The van der Waals surface area contributed by atoms with Crippen molar-refractivity contribution in [3.05, 3.63) is 75.5 Å². The minimum Gasteiger partial charge on any atom is -0.497 e.